The van der Waals surface area contributed by atoms with Crippen LogP contribution >= 0.6 is 0 Å². The number of fused-ring (bicyclic) bond motifs is 3. The van der Waals surface area contributed by atoms with Gasteiger partial charge in [0, 0.05) is 51.7 Å². The van der Waals surface area contributed by atoms with Crippen LogP contribution in [0.25, 0.3) is 16.9 Å². The second-order valence-electron chi connectivity index (χ2n) is 7.37. The molecule has 33 heavy (non-hydrogen) atoms. The van der Waals surface area contributed by atoms with Crippen molar-refractivity contribution in [3.8, 4) is 11.1 Å². The first kappa shape index (κ1) is 26.6. The summed E-state index contributed by atoms with van der Waals surface area (Å²) < 4.78 is 10.3. The first-order valence-corrected chi connectivity index (χ1v) is 10.0. The van der Waals surface area contributed by atoms with Crippen molar-refractivity contribution in [2.24, 2.45) is 4.99 Å². The molecule has 6 nitrogen and oxygen atoms in total. The Labute approximate surface area is 219 Å². The van der Waals surface area contributed by atoms with Gasteiger partial charge in [-0.2, -0.15) is 0 Å². The molecular weight excluding hydrogens is 493 g/mol. The number of ether oxygens (including phenoxy) is 2. The van der Waals surface area contributed by atoms with Gasteiger partial charge in [0.25, 0.3) is 0 Å². The van der Waals surface area contributed by atoms with Crippen LogP contribution in [0.3, 0.4) is 0 Å². The fourth-order valence-electron chi connectivity index (χ4n) is 3.94. The molecule has 1 radical (unpaired) electrons. The summed E-state index contributed by atoms with van der Waals surface area (Å²) in [6.07, 6.45) is -0.605. The number of benzene rings is 3. The zero-order valence-electron chi connectivity index (χ0n) is 18.7. The summed E-state index contributed by atoms with van der Waals surface area (Å²) in [4.78, 5) is 16.1. The molecule has 0 aliphatic heterocycles. The van der Waals surface area contributed by atoms with Crippen LogP contribution in [0.5, 0.6) is 0 Å². The molecule has 0 saturated carbocycles. The molecule has 0 fully saturated rings. The smallest absolute Gasteiger partial charge is 0.331 e. The van der Waals surface area contributed by atoms with Gasteiger partial charge in [-0.3, -0.25) is 4.99 Å². The van der Waals surface area contributed by atoms with Crippen molar-refractivity contribution >= 4 is 17.7 Å². The Morgan fingerprint density at radius 2 is 1.55 bits per heavy atom. The minimum atomic E-state index is -1.00. The molecule has 3 aromatic carbocycles. The van der Waals surface area contributed by atoms with Gasteiger partial charge in [-0.15, -0.1) is 5.69 Å². The number of esters is 1. The van der Waals surface area contributed by atoms with Crippen molar-refractivity contribution in [1.82, 2.24) is 0 Å². The van der Waals surface area contributed by atoms with Gasteiger partial charge in [0.05, 0.1) is 7.11 Å². The standard InChI is InChI=1S/C25H23N2O4.CH3.Y/c1-30-24(28)23(14-16-10-12-17(26)13-11-16)27-25(29)31-15-22-20-8-4-2-6-18(20)19-7-3-5-9-21(19)22;;/h2-13,22-23,26H,14-15H2,1H3,(H,27,29);1H3;/q2*-1;/p-1. The fourth-order valence-corrected chi connectivity index (χ4v) is 3.94. The van der Waals surface area contributed by atoms with Crippen LogP contribution in [0.15, 0.2) is 77.8 Å². The van der Waals surface area contributed by atoms with Gasteiger partial charge in [0.15, 0.2) is 6.04 Å². The Morgan fingerprint density at radius 1 is 1.00 bits per heavy atom. The zero-order chi connectivity index (χ0) is 21.8. The first-order chi connectivity index (χ1) is 15.1. The van der Waals surface area contributed by atoms with Crippen molar-refractivity contribution in [3.63, 3.8) is 0 Å². The number of hydrogen-bond acceptors (Lipinski definition) is 5. The van der Waals surface area contributed by atoms with Crippen molar-refractivity contribution in [2.45, 2.75) is 18.4 Å². The molecule has 1 atom stereocenters. The van der Waals surface area contributed by atoms with E-state index >= 15 is 0 Å². The predicted octanol–water partition coefficient (Wildman–Crippen LogP) is 4.45. The predicted molar refractivity (Wildman–Crippen MR) is 123 cm³/mol. The van der Waals surface area contributed by atoms with Crippen LogP contribution < -0.4 is 5.11 Å². The van der Waals surface area contributed by atoms with Crippen molar-refractivity contribution < 1.29 is 52.1 Å². The Hall–Kier alpha value is -2.70. The van der Waals surface area contributed by atoms with E-state index in [2.05, 4.69) is 17.1 Å². The van der Waals surface area contributed by atoms with Gasteiger partial charge < -0.3 is 27.7 Å². The van der Waals surface area contributed by atoms with Crippen molar-refractivity contribution in [3.05, 3.63) is 103 Å². The molecule has 0 spiro atoms. The number of carbonyl (C=O) groups excluding carboxylic acids is 1. The SMILES string of the molecule is COC(=O)C(Cc1ccc([NH-])cc1)N=C([O-])OCC1c2ccccc2-c2ccccc21.[CH3-].[Y]. The second-order valence-corrected chi connectivity index (χ2v) is 7.37. The molecule has 1 aliphatic rings. The summed E-state index contributed by atoms with van der Waals surface area (Å²) in [5, 5.41) is 12.5. The Morgan fingerprint density at radius 3 is 2.09 bits per heavy atom. The fraction of sp³-hybridized carbons (Fsp3) is 0.192. The summed E-state index contributed by atoms with van der Waals surface area (Å²) in [6, 6.07) is 21.8. The molecule has 0 saturated heterocycles. The van der Waals surface area contributed by atoms with Crippen LogP contribution in [0.4, 0.5) is 5.69 Å². The van der Waals surface area contributed by atoms with Crippen LogP contribution in [0.1, 0.15) is 22.6 Å². The topological polar surface area (TPSA) is 94.8 Å². The van der Waals surface area contributed by atoms with Crippen LogP contribution in [0.2, 0.25) is 0 Å². The average Bonchev–Trinajstić information content (AvgIpc) is 3.12. The summed E-state index contributed by atoms with van der Waals surface area (Å²) in [7, 11) is 1.26. The third kappa shape index (κ3) is 6.01. The van der Waals surface area contributed by atoms with E-state index in [-0.39, 0.29) is 59.1 Å². The molecular formula is C26H25N2O4Y-3. The largest absolute Gasteiger partial charge is 0.699 e. The van der Waals surface area contributed by atoms with E-state index in [1.165, 1.54) is 7.11 Å². The van der Waals surface area contributed by atoms with E-state index in [4.69, 9.17) is 15.2 Å². The molecule has 7 heteroatoms. The number of nitrogens with zero attached hydrogens (tertiary/aromatic N) is 1. The maximum Gasteiger partial charge on any atom is 0.331 e. The summed E-state index contributed by atoms with van der Waals surface area (Å²) in [5.41, 5.74) is 13.2. The molecule has 4 rings (SSSR count). The molecule has 0 aromatic heterocycles. The third-order valence-corrected chi connectivity index (χ3v) is 5.45. The number of hydrogen-bond donors (Lipinski definition) is 0. The zero-order valence-corrected chi connectivity index (χ0v) is 21.5. The minimum Gasteiger partial charge on any atom is -0.699 e. The van der Waals surface area contributed by atoms with Crippen molar-refractivity contribution in [2.75, 3.05) is 13.7 Å². The summed E-state index contributed by atoms with van der Waals surface area (Å²) in [6.45, 7) is 0.137. The molecule has 169 valence electrons. The Balaban J connectivity index is 0.00000193. The third-order valence-electron chi connectivity index (χ3n) is 5.45. The minimum absolute atomic E-state index is 0. The maximum atomic E-state index is 12.5. The molecule has 1 unspecified atom stereocenters. The Kier molecular flexibility index (Phi) is 9.62. The normalized spacial score (nSPS) is 13.1. The van der Waals surface area contributed by atoms with Gasteiger partial charge in [-0.25, -0.2) is 4.79 Å². The molecule has 1 N–H and O–H groups in total. The van der Waals surface area contributed by atoms with E-state index in [1.54, 1.807) is 24.3 Å². The van der Waals surface area contributed by atoms with Gasteiger partial charge >= 0.3 is 5.97 Å². The van der Waals surface area contributed by atoms with E-state index in [0.29, 0.717) is 5.69 Å². The van der Waals surface area contributed by atoms with Crippen molar-refractivity contribution in [1.29, 1.82) is 0 Å². The summed E-state index contributed by atoms with van der Waals surface area (Å²) in [5.74, 6) is -0.684. The molecule has 0 amide bonds. The number of carbonyl (C=O) groups is 1. The molecule has 0 heterocycles. The Bertz CT molecular complexity index is 1070. The van der Waals surface area contributed by atoms with Crippen LogP contribution in [-0.4, -0.2) is 31.8 Å². The quantitative estimate of drug-likeness (QED) is 0.209. The van der Waals surface area contributed by atoms with E-state index < -0.39 is 18.1 Å². The maximum absolute atomic E-state index is 12.5. The van der Waals surface area contributed by atoms with Gasteiger partial charge in [-0.1, -0.05) is 72.8 Å². The molecule has 0 bridgehead atoms. The number of rotatable bonds is 6. The van der Waals surface area contributed by atoms with Crippen LogP contribution in [0, 0.1) is 7.43 Å². The van der Waals surface area contributed by atoms with Gasteiger partial charge in [0.2, 0.25) is 0 Å². The van der Waals surface area contributed by atoms with E-state index in [9.17, 15) is 9.90 Å². The van der Waals surface area contributed by atoms with Gasteiger partial charge in [0.1, 0.15) is 6.08 Å². The van der Waals surface area contributed by atoms with E-state index in [1.807, 2.05) is 36.4 Å². The number of aliphatic imine (C=N–C) groups is 1. The number of methoxy groups -OCH3 is 1. The number of nitrogens with one attached hydrogen (secondary N) is 1. The van der Waals surface area contributed by atoms with E-state index in [0.717, 1.165) is 27.8 Å². The monoisotopic (exact) mass is 518 g/mol. The van der Waals surface area contributed by atoms with Gasteiger partial charge in [-0.05, 0) is 27.8 Å². The summed E-state index contributed by atoms with van der Waals surface area (Å²) >= 11 is 0. The first-order valence-electron chi connectivity index (χ1n) is 10.0. The van der Waals surface area contributed by atoms with Crippen LogP contribution in [-0.2, 0) is 53.4 Å². The average molecular weight is 518 g/mol. The molecule has 3 aromatic rings. The second kappa shape index (κ2) is 12.0. The molecule has 1 aliphatic carbocycles.